The fourth-order valence-electron chi connectivity index (χ4n) is 1.78. The Morgan fingerprint density at radius 2 is 1.87 bits per heavy atom. The Bertz CT molecular complexity index is 348. The summed E-state index contributed by atoms with van der Waals surface area (Å²) >= 11 is 3.47. The normalized spacial score (nSPS) is 13.0. The van der Waals surface area contributed by atoms with Gasteiger partial charge < -0.3 is 10.5 Å². The highest BCUT2D eigenvalue weighted by molar-refractivity contribution is 9.10. The molecule has 1 aromatic rings. The Morgan fingerprint density at radius 1 is 1.27 bits per heavy atom. The molecule has 1 aromatic carbocycles. The number of hydrogen-bond acceptors (Lipinski definition) is 2. The Morgan fingerprint density at radius 3 is 2.27 bits per heavy atom. The Kier molecular flexibility index (Phi) is 4.17. The molecular formula is C12H18BrNO. The van der Waals surface area contributed by atoms with Gasteiger partial charge in [0.2, 0.25) is 0 Å². The van der Waals surface area contributed by atoms with Crippen LogP contribution < -0.4 is 10.5 Å². The van der Waals surface area contributed by atoms with Gasteiger partial charge in [0.25, 0.3) is 0 Å². The number of halogens is 1. The zero-order chi connectivity index (χ0) is 11.6. The van der Waals surface area contributed by atoms with Crippen LogP contribution in [-0.4, -0.2) is 7.11 Å². The number of benzene rings is 1. The summed E-state index contributed by atoms with van der Waals surface area (Å²) in [5, 5.41) is 0. The van der Waals surface area contributed by atoms with Crippen molar-refractivity contribution >= 4 is 15.9 Å². The van der Waals surface area contributed by atoms with Crippen LogP contribution in [0.4, 0.5) is 0 Å². The minimum Gasteiger partial charge on any atom is -0.496 e. The van der Waals surface area contributed by atoms with E-state index in [1.54, 1.807) is 7.11 Å². The maximum atomic E-state index is 5.97. The summed E-state index contributed by atoms with van der Waals surface area (Å²) in [6, 6.07) is 4.08. The first-order valence-electron chi connectivity index (χ1n) is 5.10. The summed E-state index contributed by atoms with van der Waals surface area (Å²) in [5.41, 5.74) is 8.32. The molecule has 0 aliphatic rings. The van der Waals surface area contributed by atoms with E-state index >= 15 is 0 Å². The van der Waals surface area contributed by atoms with E-state index < -0.39 is 0 Å². The minimum absolute atomic E-state index is 0.0220. The first-order chi connectivity index (χ1) is 6.97. The quantitative estimate of drug-likeness (QED) is 0.912. The molecule has 0 aromatic heterocycles. The molecule has 0 radical (unpaired) electrons. The minimum atomic E-state index is 0.0220. The zero-order valence-electron chi connectivity index (χ0n) is 9.67. The van der Waals surface area contributed by atoms with Crippen molar-refractivity contribution < 1.29 is 4.74 Å². The van der Waals surface area contributed by atoms with Crippen LogP contribution in [0.1, 0.15) is 43.9 Å². The molecule has 1 unspecified atom stereocenters. The molecule has 1 rings (SSSR count). The predicted octanol–water partition coefficient (Wildman–Crippen LogP) is 3.60. The summed E-state index contributed by atoms with van der Waals surface area (Å²) in [6.07, 6.45) is 0. The lowest BCUT2D eigenvalue weighted by Crippen LogP contribution is -2.10. The number of nitrogens with two attached hydrogens (primary N) is 1. The second-order valence-electron chi connectivity index (χ2n) is 4.05. The van der Waals surface area contributed by atoms with Crippen LogP contribution in [0.5, 0.6) is 5.75 Å². The second-order valence-corrected chi connectivity index (χ2v) is 4.97. The van der Waals surface area contributed by atoms with Crippen molar-refractivity contribution in [3.8, 4) is 5.75 Å². The summed E-state index contributed by atoms with van der Waals surface area (Å²) < 4.78 is 6.40. The first kappa shape index (κ1) is 12.5. The average Bonchev–Trinajstić information content (AvgIpc) is 2.15. The van der Waals surface area contributed by atoms with Crippen LogP contribution in [0, 0.1) is 0 Å². The highest BCUT2D eigenvalue weighted by Crippen LogP contribution is 2.35. The lowest BCUT2D eigenvalue weighted by Gasteiger charge is -2.19. The summed E-state index contributed by atoms with van der Waals surface area (Å²) in [4.78, 5) is 0. The molecule has 15 heavy (non-hydrogen) atoms. The molecule has 1 atom stereocenters. The number of hydrogen-bond donors (Lipinski definition) is 1. The van der Waals surface area contributed by atoms with Gasteiger partial charge in [-0.2, -0.15) is 0 Å². The maximum Gasteiger partial charge on any atom is 0.123 e. The van der Waals surface area contributed by atoms with Gasteiger partial charge >= 0.3 is 0 Å². The Hall–Kier alpha value is -0.540. The topological polar surface area (TPSA) is 35.2 Å². The molecule has 0 spiro atoms. The van der Waals surface area contributed by atoms with Crippen LogP contribution in [0.3, 0.4) is 0 Å². The van der Waals surface area contributed by atoms with Crippen molar-refractivity contribution in [3.63, 3.8) is 0 Å². The highest BCUT2D eigenvalue weighted by Gasteiger charge is 2.16. The van der Waals surface area contributed by atoms with Gasteiger partial charge in [0, 0.05) is 16.1 Å². The molecule has 0 aliphatic heterocycles. The van der Waals surface area contributed by atoms with E-state index in [1.165, 1.54) is 5.56 Å². The molecule has 0 bridgehead atoms. The lowest BCUT2D eigenvalue weighted by molar-refractivity contribution is 0.406. The van der Waals surface area contributed by atoms with Gasteiger partial charge in [-0.3, -0.25) is 0 Å². The Balaban J connectivity index is 3.40. The molecule has 84 valence electrons. The second kappa shape index (κ2) is 4.99. The van der Waals surface area contributed by atoms with Gasteiger partial charge in [0.05, 0.1) is 7.11 Å². The van der Waals surface area contributed by atoms with Crippen LogP contribution >= 0.6 is 15.9 Å². The lowest BCUT2D eigenvalue weighted by atomic mass is 9.93. The van der Waals surface area contributed by atoms with Crippen molar-refractivity contribution in [1.29, 1.82) is 0 Å². The molecular weight excluding hydrogens is 254 g/mol. The molecule has 0 saturated carbocycles. The van der Waals surface area contributed by atoms with Crippen molar-refractivity contribution in [2.75, 3.05) is 7.11 Å². The number of ether oxygens (including phenoxy) is 1. The van der Waals surface area contributed by atoms with Crippen LogP contribution in [0.25, 0.3) is 0 Å². The zero-order valence-corrected chi connectivity index (χ0v) is 11.3. The molecule has 0 aliphatic carbocycles. The molecule has 0 fully saturated rings. The van der Waals surface area contributed by atoms with E-state index in [0.29, 0.717) is 5.92 Å². The molecule has 0 heterocycles. The summed E-state index contributed by atoms with van der Waals surface area (Å²) in [5.74, 6) is 1.32. The smallest absolute Gasteiger partial charge is 0.123 e. The fraction of sp³-hybridized carbons (Fsp3) is 0.500. The van der Waals surface area contributed by atoms with Gasteiger partial charge in [-0.05, 0) is 30.5 Å². The van der Waals surface area contributed by atoms with Crippen LogP contribution in [0.15, 0.2) is 16.6 Å². The molecule has 2 nitrogen and oxygen atoms in total. The van der Waals surface area contributed by atoms with E-state index in [1.807, 2.05) is 13.0 Å². The molecule has 0 amide bonds. The molecule has 2 N–H and O–H groups in total. The van der Waals surface area contributed by atoms with Gasteiger partial charge in [-0.1, -0.05) is 29.8 Å². The monoisotopic (exact) mass is 271 g/mol. The third-order valence-corrected chi connectivity index (χ3v) is 2.88. The number of rotatable bonds is 3. The summed E-state index contributed by atoms with van der Waals surface area (Å²) in [6.45, 7) is 6.29. The van der Waals surface area contributed by atoms with Gasteiger partial charge in [-0.15, -0.1) is 0 Å². The third-order valence-electron chi connectivity index (χ3n) is 2.43. The third kappa shape index (κ3) is 2.73. The van der Waals surface area contributed by atoms with Crippen molar-refractivity contribution in [2.24, 2.45) is 5.73 Å². The Labute approximate surface area is 99.9 Å². The van der Waals surface area contributed by atoms with Crippen molar-refractivity contribution in [3.05, 3.63) is 27.7 Å². The van der Waals surface area contributed by atoms with Gasteiger partial charge in [0.1, 0.15) is 5.75 Å². The number of methoxy groups -OCH3 is 1. The summed E-state index contributed by atoms with van der Waals surface area (Å²) in [7, 11) is 1.69. The standard InChI is InChI=1S/C12H18BrNO/c1-7(2)12-10(8(3)14)5-9(13)6-11(12)15-4/h5-8H,14H2,1-4H3. The van der Waals surface area contributed by atoms with Crippen molar-refractivity contribution in [2.45, 2.75) is 32.7 Å². The van der Waals surface area contributed by atoms with Crippen molar-refractivity contribution in [1.82, 2.24) is 0 Å². The van der Waals surface area contributed by atoms with E-state index in [9.17, 15) is 0 Å². The fourth-order valence-corrected chi connectivity index (χ4v) is 2.23. The van der Waals surface area contributed by atoms with E-state index in [2.05, 4.69) is 35.8 Å². The molecule has 0 saturated heterocycles. The largest absolute Gasteiger partial charge is 0.496 e. The average molecular weight is 272 g/mol. The van der Waals surface area contributed by atoms with Gasteiger partial charge in [-0.25, -0.2) is 0 Å². The predicted molar refractivity (Wildman–Crippen MR) is 67.4 cm³/mol. The molecule has 3 heteroatoms. The maximum absolute atomic E-state index is 5.97. The van der Waals surface area contributed by atoms with Gasteiger partial charge in [0.15, 0.2) is 0 Å². The van der Waals surface area contributed by atoms with Crippen LogP contribution in [0.2, 0.25) is 0 Å². The van der Waals surface area contributed by atoms with E-state index in [4.69, 9.17) is 10.5 Å². The van der Waals surface area contributed by atoms with E-state index in [-0.39, 0.29) is 6.04 Å². The van der Waals surface area contributed by atoms with E-state index in [0.717, 1.165) is 15.8 Å². The highest BCUT2D eigenvalue weighted by atomic mass is 79.9. The van der Waals surface area contributed by atoms with Crippen LogP contribution in [-0.2, 0) is 0 Å². The SMILES string of the molecule is COc1cc(Br)cc(C(C)N)c1C(C)C. The first-order valence-corrected chi connectivity index (χ1v) is 5.89.